The third kappa shape index (κ3) is 4.86. The number of aryl methyl sites for hydroxylation is 1. The molecule has 0 saturated heterocycles. The van der Waals surface area contributed by atoms with Crippen molar-refractivity contribution in [3.05, 3.63) is 29.8 Å². The van der Waals surface area contributed by atoms with Crippen LogP contribution in [0.3, 0.4) is 0 Å². The van der Waals surface area contributed by atoms with Crippen molar-refractivity contribution in [3.8, 4) is 0 Å². The molecule has 0 aliphatic rings. The lowest BCUT2D eigenvalue weighted by Gasteiger charge is -2.27. The fraction of sp³-hybridized carbons (Fsp3) is 0.500. The van der Waals surface area contributed by atoms with Crippen LogP contribution < -0.4 is 10.6 Å². The average Bonchev–Trinajstić information content (AvgIpc) is 2.46. The number of anilines is 1. The predicted octanol–water partition coefficient (Wildman–Crippen LogP) is 2.18. The monoisotopic (exact) mass is 292 g/mol. The highest BCUT2D eigenvalue weighted by molar-refractivity contribution is 5.96. The van der Waals surface area contributed by atoms with Crippen LogP contribution in [0.4, 0.5) is 5.69 Å². The highest BCUT2D eigenvalue weighted by Crippen LogP contribution is 2.23. The standard InChI is InChI=1S/C16H24N2O3/c1-3-6-13(11-17)16(21)18(10-9-15(19)20)14-8-5-4-7-12(14)2/h4-5,7-8,13H,3,6,9-11,17H2,1-2H3,(H,19,20). The lowest BCUT2D eigenvalue weighted by molar-refractivity contribution is -0.136. The molecule has 0 bridgehead atoms. The summed E-state index contributed by atoms with van der Waals surface area (Å²) in [6.07, 6.45) is 1.50. The van der Waals surface area contributed by atoms with E-state index in [2.05, 4.69) is 0 Å². The van der Waals surface area contributed by atoms with E-state index < -0.39 is 5.97 Å². The molecule has 1 rings (SSSR count). The van der Waals surface area contributed by atoms with Crippen LogP contribution in [0.25, 0.3) is 0 Å². The van der Waals surface area contributed by atoms with Crippen molar-refractivity contribution >= 4 is 17.6 Å². The number of benzene rings is 1. The molecule has 0 saturated carbocycles. The van der Waals surface area contributed by atoms with Crippen molar-refractivity contribution in [2.75, 3.05) is 18.0 Å². The summed E-state index contributed by atoms with van der Waals surface area (Å²) in [6, 6.07) is 7.49. The van der Waals surface area contributed by atoms with E-state index in [4.69, 9.17) is 10.8 Å². The van der Waals surface area contributed by atoms with Gasteiger partial charge in [0.05, 0.1) is 12.3 Å². The molecule has 0 heterocycles. The molecule has 116 valence electrons. The Balaban J connectivity index is 3.04. The fourth-order valence-corrected chi connectivity index (χ4v) is 2.33. The Labute approximate surface area is 125 Å². The number of carbonyl (C=O) groups is 2. The minimum atomic E-state index is -0.916. The topological polar surface area (TPSA) is 83.6 Å². The zero-order valence-corrected chi connectivity index (χ0v) is 12.7. The summed E-state index contributed by atoms with van der Waals surface area (Å²) in [6.45, 7) is 4.36. The van der Waals surface area contributed by atoms with Crippen LogP contribution in [0.1, 0.15) is 31.7 Å². The number of hydrogen-bond donors (Lipinski definition) is 2. The smallest absolute Gasteiger partial charge is 0.305 e. The number of amides is 1. The van der Waals surface area contributed by atoms with E-state index in [-0.39, 0.29) is 31.3 Å². The molecular weight excluding hydrogens is 268 g/mol. The number of rotatable bonds is 8. The van der Waals surface area contributed by atoms with Gasteiger partial charge in [-0.2, -0.15) is 0 Å². The summed E-state index contributed by atoms with van der Waals surface area (Å²) in [5, 5.41) is 8.90. The maximum atomic E-state index is 12.7. The molecule has 1 atom stereocenters. The Bertz CT molecular complexity index is 488. The number of aliphatic carboxylic acids is 1. The molecule has 21 heavy (non-hydrogen) atoms. The van der Waals surface area contributed by atoms with Gasteiger partial charge in [-0.15, -0.1) is 0 Å². The van der Waals surface area contributed by atoms with Crippen molar-refractivity contribution < 1.29 is 14.7 Å². The third-order valence-electron chi connectivity index (χ3n) is 3.49. The Kier molecular flexibility index (Phi) is 6.88. The minimum absolute atomic E-state index is 0.0799. The number of hydrogen-bond acceptors (Lipinski definition) is 3. The molecule has 3 N–H and O–H groups in total. The number of carbonyl (C=O) groups excluding carboxylic acids is 1. The number of nitrogens with two attached hydrogens (primary N) is 1. The second-order valence-corrected chi connectivity index (χ2v) is 5.14. The summed E-state index contributed by atoms with van der Waals surface area (Å²) >= 11 is 0. The summed E-state index contributed by atoms with van der Waals surface area (Å²) in [5.41, 5.74) is 7.42. The molecular formula is C16H24N2O3. The van der Waals surface area contributed by atoms with Gasteiger partial charge in [-0.05, 0) is 25.0 Å². The number of nitrogens with zero attached hydrogens (tertiary/aromatic N) is 1. The molecule has 1 aromatic rings. The van der Waals surface area contributed by atoms with Crippen molar-refractivity contribution in [1.29, 1.82) is 0 Å². The first kappa shape index (κ1) is 17.2. The van der Waals surface area contributed by atoms with Crippen LogP contribution in [0.2, 0.25) is 0 Å². The van der Waals surface area contributed by atoms with Crippen molar-refractivity contribution in [2.24, 2.45) is 11.7 Å². The molecule has 1 amide bonds. The van der Waals surface area contributed by atoms with Crippen LogP contribution in [-0.2, 0) is 9.59 Å². The number of para-hydroxylation sites is 1. The first-order chi connectivity index (χ1) is 10.0. The van der Waals surface area contributed by atoms with Crippen LogP contribution in [0, 0.1) is 12.8 Å². The predicted molar refractivity (Wildman–Crippen MR) is 83.2 cm³/mol. The fourth-order valence-electron chi connectivity index (χ4n) is 2.33. The van der Waals surface area contributed by atoms with E-state index in [1.165, 1.54) is 0 Å². The zero-order valence-electron chi connectivity index (χ0n) is 12.7. The SMILES string of the molecule is CCCC(CN)C(=O)N(CCC(=O)O)c1ccccc1C. The largest absolute Gasteiger partial charge is 0.481 e. The maximum Gasteiger partial charge on any atom is 0.305 e. The van der Waals surface area contributed by atoms with E-state index in [1.54, 1.807) is 4.90 Å². The quantitative estimate of drug-likeness (QED) is 0.769. The van der Waals surface area contributed by atoms with Gasteiger partial charge in [0.1, 0.15) is 0 Å². The lowest BCUT2D eigenvalue weighted by atomic mass is 10.0. The first-order valence-corrected chi connectivity index (χ1v) is 7.30. The highest BCUT2D eigenvalue weighted by Gasteiger charge is 2.25. The van der Waals surface area contributed by atoms with Gasteiger partial charge in [-0.3, -0.25) is 9.59 Å². The van der Waals surface area contributed by atoms with Crippen LogP contribution >= 0.6 is 0 Å². The summed E-state index contributed by atoms with van der Waals surface area (Å²) in [5.74, 6) is -1.26. The van der Waals surface area contributed by atoms with Gasteiger partial charge in [-0.25, -0.2) is 0 Å². The highest BCUT2D eigenvalue weighted by atomic mass is 16.4. The molecule has 5 heteroatoms. The molecule has 0 aliphatic heterocycles. The van der Waals surface area contributed by atoms with Crippen LogP contribution in [0.5, 0.6) is 0 Å². The second kappa shape index (κ2) is 8.42. The van der Waals surface area contributed by atoms with Gasteiger partial charge in [0.15, 0.2) is 0 Å². The minimum Gasteiger partial charge on any atom is -0.481 e. The molecule has 0 radical (unpaired) electrons. The Hall–Kier alpha value is -1.88. The molecule has 0 aromatic heterocycles. The van der Waals surface area contributed by atoms with Crippen molar-refractivity contribution in [2.45, 2.75) is 33.1 Å². The zero-order chi connectivity index (χ0) is 15.8. The first-order valence-electron chi connectivity index (χ1n) is 7.30. The Morgan fingerprint density at radius 1 is 1.33 bits per heavy atom. The molecule has 1 unspecified atom stereocenters. The van der Waals surface area contributed by atoms with E-state index in [1.807, 2.05) is 38.1 Å². The molecule has 1 aromatic carbocycles. The van der Waals surface area contributed by atoms with E-state index >= 15 is 0 Å². The van der Waals surface area contributed by atoms with Gasteiger partial charge in [0, 0.05) is 18.8 Å². The third-order valence-corrected chi connectivity index (χ3v) is 3.49. The van der Waals surface area contributed by atoms with Gasteiger partial charge in [0.2, 0.25) is 5.91 Å². The lowest BCUT2D eigenvalue weighted by Crippen LogP contribution is -2.40. The second-order valence-electron chi connectivity index (χ2n) is 5.14. The van der Waals surface area contributed by atoms with Gasteiger partial charge >= 0.3 is 5.97 Å². The number of carboxylic acid groups (broad SMARTS) is 1. The average molecular weight is 292 g/mol. The normalized spacial score (nSPS) is 12.0. The molecule has 5 nitrogen and oxygen atoms in total. The Morgan fingerprint density at radius 2 is 2.00 bits per heavy atom. The molecule has 0 spiro atoms. The van der Waals surface area contributed by atoms with Crippen molar-refractivity contribution in [1.82, 2.24) is 0 Å². The van der Waals surface area contributed by atoms with Gasteiger partial charge in [0.25, 0.3) is 0 Å². The van der Waals surface area contributed by atoms with Gasteiger partial charge < -0.3 is 15.7 Å². The summed E-state index contributed by atoms with van der Waals surface area (Å²) < 4.78 is 0. The summed E-state index contributed by atoms with van der Waals surface area (Å²) in [4.78, 5) is 25.1. The van der Waals surface area contributed by atoms with E-state index in [0.717, 1.165) is 17.7 Å². The maximum absolute atomic E-state index is 12.7. The van der Waals surface area contributed by atoms with Crippen LogP contribution in [-0.4, -0.2) is 30.1 Å². The van der Waals surface area contributed by atoms with Gasteiger partial charge in [-0.1, -0.05) is 31.5 Å². The van der Waals surface area contributed by atoms with E-state index in [9.17, 15) is 9.59 Å². The molecule has 0 aliphatic carbocycles. The number of carboxylic acids is 1. The van der Waals surface area contributed by atoms with Crippen LogP contribution in [0.15, 0.2) is 24.3 Å². The Morgan fingerprint density at radius 3 is 2.52 bits per heavy atom. The van der Waals surface area contributed by atoms with Crippen molar-refractivity contribution in [3.63, 3.8) is 0 Å². The van der Waals surface area contributed by atoms with E-state index in [0.29, 0.717) is 6.42 Å². The summed E-state index contributed by atoms with van der Waals surface area (Å²) in [7, 11) is 0. The molecule has 0 fully saturated rings.